The molecular formula is C18H28ClN3O. The van der Waals surface area contributed by atoms with Crippen molar-refractivity contribution in [2.45, 2.75) is 38.3 Å². The van der Waals surface area contributed by atoms with Gasteiger partial charge in [-0.25, -0.2) is 0 Å². The number of benzene rings is 1. The normalized spacial score (nSPS) is 19.1. The number of rotatable bonds is 7. The molecule has 23 heavy (non-hydrogen) atoms. The summed E-state index contributed by atoms with van der Waals surface area (Å²) in [7, 11) is 0. The summed E-state index contributed by atoms with van der Waals surface area (Å²) in [6.45, 7) is 4.41. The van der Waals surface area contributed by atoms with Crippen LogP contribution in [-0.4, -0.2) is 43.0 Å². The van der Waals surface area contributed by atoms with Gasteiger partial charge in [-0.15, -0.1) is 12.4 Å². The van der Waals surface area contributed by atoms with E-state index in [1.165, 1.54) is 32.2 Å². The Morgan fingerprint density at radius 3 is 2.43 bits per heavy atom. The van der Waals surface area contributed by atoms with Gasteiger partial charge in [0.25, 0.3) is 0 Å². The van der Waals surface area contributed by atoms with Crippen LogP contribution in [0, 0.1) is 5.92 Å². The van der Waals surface area contributed by atoms with Crippen LogP contribution in [-0.2, 0) is 11.3 Å². The van der Waals surface area contributed by atoms with Gasteiger partial charge < -0.3 is 10.6 Å². The van der Waals surface area contributed by atoms with E-state index in [1.54, 1.807) is 0 Å². The quantitative estimate of drug-likeness (QED) is 0.801. The summed E-state index contributed by atoms with van der Waals surface area (Å²) in [6, 6.07) is 10.7. The Balaban J connectivity index is 0.00000192. The Labute approximate surface area is 145 Å². The minimum Gasteiger partial charge on any atom is -0.351 e. The lowest BCUT2D eigenvalue weighted by Gasteiger charge is -2.32. The van der Waals surface area contributed by atoms with Crippen molar-refractivity contribution in [2.24, 2.45) is 5.92 Å². The summed E-state index contributed by atoms with van der Waals surface area (Å²) in [5.74, 6) is 1.08. The van der Waals surface area contributed by atoms with E-state index in [0.29, 0.717) is 19.1 Å². The minimum atomic E-state index is 0. The van der Waals surface area contributed by atoms with E-state index in [4.69, 9.17) is 0 Å². The van der Waals surface area contributed by atoms with Gasteiger partial charge in [-0.1, -0.05) is 30.3 Å². The van der Waals surface area contributed by atoms with Crippen molar-refractivity contribution in [1.82, 2.24) is 15.5 Å². The average Bonchev–Trinajstić information content (AvgIpc) is 3.38. The molecule has 2 fully saturated rings. The van der Waals surface area contributed by atoms with Crippen molar-refractivity contribution in [1.29, 1.82) is 0 Å². The summed E-state index contributed by atoms with van der Waals surface area (Å²) in [6.07, 6.45) is 5.15. The van der Waals surface area contributed by atoms with Crippen molar-refractivity contribution >= 4 is 18.3 Å². The summed E-state index contributed by atoms with van der Waals surface area (Å²) < 4.78 is 0. The van der Waals surface area contributed by atoms with Crippen molar-refractivity contribution in [3.8, 4) is 0 Å². The number of carbonyl (C=O) groups excluding carboxylic acids is 1. The first-order valence-corrected chi connectivity index (χ1v) is 8.56. The molecule has 0 radical (unpaired) electrons. The molecule has 1 aliphatic heterocycles. The number of piperidine rings is 1. The van der Waals surface area contributed by atoms with Gasteiger partial charge in [-0.3, -0.25) is 9.69 Å². The van der Waals surface area contributed by atoms with E-state index in [-0.39, 0.29) is 18.3 Å². The Morgan fingerprint density at radius 2 is 1.78 bits per heavy atom. The lowest BCUT2D eigenvalue weighted by molar-refractivity contribution is -0.122. The molecule has 128 valence electrons. The Morgan fingerprint density at radius 1 is 1.09 bits per heavy atom. The molecule has 0 atom stereocenters. The van der Waals surface area contributed by atoms with Gasteiger partial charge in [-0.05, 0) is 43.7 Å². The zero-order chi connectivity index (χ0) is 15.2. The number of nitrogens with zero attached hydrogens (tertiary/aromatic N) is 1. The molecule has 3 rings (SSSR count). The summed E-state index contributed by atoms with van der Waals surface area (Å²) in [5, 5.41) is 6.69. The maximum atomic E-state index is 12.0. The Kier molecular flexibility index (Phi) is 7.34. The standard InChI is InChI=1S/C18H27N3O.ClH/c22-18(20-13-15-4-2-1-3-5-15)14-21-10-8-17(9-11-21)19-12-16-6-7-16;/h1-5,16-17,19H,6-14H2,(H,20,22);1H. The van der Waals surface area contributed by atoms with Gasteiger partial charge in [0.15, 0.2) is 0 Å². The SMILES string of the molecule is Cl.O=C(CN1CCC(NCC2CC2)CC1)NCc1ccccc1. The lowest BCUT2D eigenvalue weighted by atomic mass is 10.0. The monoisotopic (exact) mass is 337 g/mol. The first-order valence-electron chi connectivity index (χ1n) is 8.56. The van der Waals surface area contributed by atoms with Crippen LogP contribution >= 0.6 is 12.4 Å². The second-order valence-electron chi connectivity index (χ2n) is 6.66. The molecule has 0 bridgehead atoms. The highest BCUT2D eigenvalue weighted by molar-refractivity contribution is 5.85. The highest BCUT2D eigenvalue weighted by Crippen LogP contribution is 2.28. The Bertz CT molecular complexity index is 470. The maximum absolute atomic E-state index is 12.0. The maximum Gasteiger partial charge on any atom is 0.234 e. The molecule has 1 saturated heterocycles. The number of likely N-dealkylation sites (tertiary alicyclic amines) is 1. The molecule has 4 nitrogen and oxygen atoms in total. The van der Waals surface area contributed by atoms with E-state index in [1.807, 2.05) is 30.3 Å². The van der Waals surface area contributed by atoms with E-state index in [2.05, 4.69) is 15.5 Å². The largest absolute Gasteiger partial charge is 0.351 e. The summed E-state index contributed by atoms with van der Waals surface area (Å²) >= 11 is 0. The van der Waals surface area contributed by atoms with Crippen molar-refractivity contribution in [3.05, 3.63) is 35.9 Å². The molecule has 1 aliphatic carbocycles. The van der Waals surface area contributed by atoms with Gasteiger partial charge in [0, 0.05) is 25.7 Å². The Hall–Kier alpha value is -1.10. The van der Waals surface area contributed by atoms with Gasteiger partial charge in [0.1, 0.15) is 0 Å². The molecule has 0 aromatic heterocycles. The molecule has 1 saturated carbocycles. The molecular weight excluding hydrogens is 310 g/mol. The predicted octanol–water partition coefficient (Wildman–Crippen LogP) is 2.19. The number of hydrogen-bond donors (Lipinski definition) is 2. The third-order valence-electron chi connectivity index (χ3n) is 4.68. The van der Waals surface area contributed by atoms with Crippen LogP contribution in [0.2, 0.25) is 0 Å². The van der Waals surface area contributed by atoms with Crippen LogP contribution in [0.1, 0.15) is 31.2 Å². The number of hydrogen-bond acceptors (Lipinski definition) is 3. The van der Waals surface area contributed by atoms with Crippen LogP contribution < -0.4 is 10.6 Å². The number of carbonyl (C=O) groups is 1. The van der Waals surface area contributed by atoms with Gasteiger partial charge in [0.2, 0.25) is 5.91 Å². The van der Waals surface area contributed by atoms with Crippen LogP contribution in [0.3, 0.4) is 0 Å². The lowest BCUT2D eigenvalue weighted by Crippen LogP contribution is -2.46. The number of amides is 1. The zero-order valence-corrected chi connectivity index (χ0v) is 14.5. The third kappa shape index (κ3) is 6.50. The zero-order valence-electron chi connectivity index (χ0n) is 13.7. The van der Waals surface area contributed by atoms with Gasteiger partial charge in [-0.2, -0.15) is 0 Å². The molecule has 1 amide bonds. The highest BCUT2D eigenvalue weighted by Gasteiger charge is 2.24. The predicted molar refractivity (Wildman–Crippen MR) is 95.7 cm³/mol. The van der Waals surface area contributed by atoms with Gasteiger partial charge in [0.05, 0.1) is 6.54 Å². The highest BCUT2D eigenvalue weighted by atomic mass is 35.5. The smallest absolute Gasteiger partial charge is 0.234 e. The van der Waals surface area contributed by atoms with Crippen molar-refractivity contribution < 1.29 is 4.79 Å². The summed E-state index contributed by atoms with van der Waals surface area (Å²) in [5.41, 5.74) is 1.15. The van der Waals surface area contributed by atoms with E-state index < -0.39 is 0 Å². The van der Waals surface area contributed by atoms with Crippen LogP contribution in [0.5, 0.6) is 0 Å². The minimum absolute atomic E-state index is 0. The molecule has 0 unspecified atom stereocenters. The molecule has 1 aromatic rings. The van der Waals surface area contributed by atoms with Gasteiger partial charge >= 0.3 is 0 Å². The topological polar surface area (TPSA) is 44.4 Å². The molecule has 1 heterocycles. The van der Waals surface area contributed by atoms with E-state index in [9.17, 15) is 4.79 Å². The average molecular weight is 338 g/mol. The molecule has 2 N–H and O–H groups in total. The van der Waals surface area contributed by atoms with Crippen molar-refractivity contribution in [3.63, 3.8) is 0 Å². The first kappa shape index (κ1) is 18.2. The first-order chi connectivity index (χ1) is 10.8. The molecule has 5 heteroatoms. The van der Waals surface area contributed by atoms with E-state index >= 15 is 0 Å². The third-order valence-corrected chi connectivity index (χ3v) is 4.68. The number of halogens is 1. The second kappa shape index (κ2) is 9.26. The number of nitrogens with one attached hydrogen (secondary N) is 2. The van der Waals surface area contributed by atoms with Crippen LogP contribution in [0.25, 0.3) is 0 Å². The molecule has 2 aliphatic rings. The van der Waals surface area contributed by atoms with Crippen LogP contribution in [0.15, 0.2) is 30.3 Å². The van der Waals surface area contributed by atoms with Crippen molar-refractivity contribution in [2.75, 3.05) is 26.2 Å². The van der Waals surface area contributed by atoms with E-state index in [0.717, 1.165) is 24.6 Å². The second-order valence-corrected chi connectivity index (χ2v) is 6.66. The fraction of sp³-hybridized carbons (Fsp3) is 0.611. The molecule has 1 aromatic carbocycles. The fourth-order valence-corrected chi connectivity index (χ4v) is 3.01. The fourth-order valence-electron chi connectivity index (χ4n) is 3.01. The molecule has 0 spiro atoms. The van der Waals surface area contributed by atoms with Crippen LogP contribution in [0.4, 0.5) is 0 Å². The summed E-state index contributed by atoms with van der Waals surface area (Å²) in [4.78, 5) is 14.3.